The number of carbonyl (C=O) groups is 2. The van der Waals surface area contributed by atoms with E-state index in [0.717, 1.165) is 11.5 Å². The number of carboxylic acid groups (broad SMARTS) is 1. The van der Waals surface area contributed by atoms with E-state index in [4.69, 9.17) is 5.11 Å². The maximum absolute atomic E-state index is 11.5. The minimum absolute atomic E-state index is 0.100. The molecule has 2 N–H and O–H groups in total. The maximum Gasteiger partial charge on any atom is 0.305 e. The van der Waals surface area contributed by atoms with E-state index >= 15 is 0 Å². The molecule has 1 atom stereocenters. The van der Waals surface area contributed by atoms with E-state index in [-0.39, 0.29) is 12.3 Å². The van der Waals surface area contributed by atoms with Crippen molar-refractivity contribution in [1.29, 1.82) is 0 Å². The molecule has 0 aromatic carbocycles. The molecule has 0 aliphatic rings. The van der Waals surface area contributed by atoms with E-state index in [1.165, 1.54) is 0 Å². The lowest BCUT2D eigenvalue weighted by atomic mass is 10.2. The minimum atomic E-state index is -0.943. The lowest BCUT2D eigenvalue weighted by Crippen LogP contribution is -2.34. The van der Waals surface area contributed by atoms with Crippen molar-refractivity contribution in [2.75, 3.05) is 0 Å². The Labute approximate surface area is 90.5 Å². The highest BCUT2D eigenvalue weighted by atomic mass is 32.1. The summed E-state index contributed by atoms with van der Waals surface area (Å²) in [4.78, 5) is 22.3. The first-order chi connectivity index (χ1) is 7.00. The number of aryl methyl sites for hydroxylation is 1. The second-order valence-electron chi connectivity index (χ2n) is 3.16. The van der Waals surface area contributed by atoms with Gasteiger partial charge in [0.2, 0.25) is 0 Å². The summed E-state index contributed by atoms with van der Waals surface area (Å²) in [6.45, 7) is 3.32. The van der Waals surface area contributed by atoms with Crippen molar-refractivity contribution in [3.63, 3.8) is 0 Å². The Bertz CT molecular complexity index is 377. The lowest BCUT2D eigenvalue weighted by molar-refractivity contribution is -0.137. The fourth-order valence-electron chi connectivity index (χ4n) is 1.04. The zero-order valence-electron chi connectivity index (χ0n) is 8.35. The average Bonchev–Trinajstić information content (AvgIpc) is 2.49. The number of nitrogens with zero attached hydrogens (tertiary/aromatic N) is 2. The second kappa shape index (κ2) is 4.83. The van der Waals surface area contributed by atoms with Crippen molar-refractivity contribution in [2.24, 2.45) is 0 Å². The number of amides is 1. The fraction of sp³-hybridized carbons (Fsp3) is 0.500. The molecule has 0 fully saturated rings. The average molecular weight is 229 g/mol. The van der Waals surface area contributed by atoms with Crippen LogP contribution in [-0.2, 0) is 4.79 Å². The van der Waals surface area contributed by atoms with Gasteiger partial charge in [-0.3, -0.25) is 9.59 Å². The third kappa shape index (κ3) is 3.28. The number of carbonyl (C=O) groups excluding carboxylic acids is 1. The van der Waals surface area contributed by atoms with Crippen molar-refractivity contribution in [1.82, 2.24) is 14.9 Å². The molecular weight excluding hydrogens is 218 g/mol. The molecule has 1 unspecified atom stereocenters. The Morgan fingerprint density at radius 3 is 2.73 bits per heavy atom. The van der Waals surface area contributed by atoms with Crippen molar-refractivity contribution in [3.05, 3.63) is 10.6 Å². The highest BCUT2D eigenvalue weighted by molar-refractivity contribution is 7.07. The number of carboxylic acids is 1. The molecule has 0 radical (unpaired) electrons. The molecule has 0 bridgehead atoms. The van der Waals surface area contributed by atoms with E-state index in [0.29, 0.717) is 10.6 Å². The number of nitrogens with one attached hydrogen (secondary N) is 1. The lowest BCUT2D eigenvalue weighted by Gasteiger charge is -2.09. The Balaban J connectivity index is 2.56. The summed E-state index contributed by atoms with van der Waals surface area (Å²) in [6.07, 6.45) is -0.100. The van der Waals surface area contributed by atoms with Crippen LogP contribution in [0.25, 0.3) is 0 Å². The van der Waals surface area contributed by atoms with Crippen LogP contribution in [0.4, 0.5) is 0 Å². The summed E-state index contributed by atoms with van der Waals surface area (Å²) >= 11 is 0.998. The number of hydrogen-bond acceptors (Lipinski definition) is 5. The normalized spacial score (nSPS) is 12.1. The van der Waals surface area contributed by atoms with Gasteiger partial charge < -0.3 is 10.4 Å². The topological polar surface area (TPSA) is 92.2 Å². The zero-order chi connectivity index (χ0) is 11.4. The molecule has 0 saturated heterocycles. The predicted octanol–water partition coefficient (Wildman–Crippen LogP) is 0.440. The summed E-state index contributed by atoms with van der Waals surface area (Å²) < 4.78 is 3.63. The van der Waals surface area contributed by atoms with Gasteiger partial charge in [-0.15, -0.1) is 5.10 Å². The molecule has 1 rings (SSSR count). The molecule has 1 heterocycles. The van der Waals surface area contributed by atoms with Crippen LogP contribution in [-0.4, -0.2) is 32.6 Å². The van der Waals surface area contributed by atoms with Gasteiger partial charge in [0.1, 0.15) is 4.88 Å². The summed E-state index contributed by atoms with van der Waals surface area (Å²) in [6, 6.07) is -0.406. The van der Waals surface area contributed by atoms with Crippen LogP contribution < -0.4 is 5.32 Å². The molecule has 7 heteroatoms. The molecule has 1 amide bonds. The van der Waals surface area contributed by atoms with Gasteiger partial charge in [0.15, 0.2) is 0 Å². The van der Waals surface area contributed by atoms with Crippen molar-refractivity contribution < 1.29 is 14.7 Å². The van der Waals surface area contributed by atoms with Crippen LogP contribution in [0.2, 0.25) is 0 Å². The third-order valence-corrected chi connectivity index (χ3v) is 2.54. The van der Waals surface area contributed by atoms with Gasteiger partial charge in [-0.05, 0) is 25.4 Å². The van der Waals surface area contributed by atoms with Gasteiger partial charge in [-0.25, -0.2) is 0 Å². The van der Waals surface area contributed by atoms with Gasteiger partial charge in [0, 0.05) is 6.04 Å². The summed E-state index contributed by atoms with van der Waals surface area (Å²) in [5.41, 5.74) is 0.556. The highest BCUT2D eigenvalue weighted by Crippen LogP contribution is 2.09. The van der Waals surface area contributed by atoms with E-state index in [2.05, 4.69) is 14.9 Å². The van der Waals surface area contributed by atoms with Crippen molar-refractivity contribution in [2.45, 2.75) is 26.3 Å². The van der Waals surface area contributed by atoms with Crippen LogP contribution >= 0.6 is 11.5 Å². The number of hydrogen-bond donors (Lipinski definition) is 2. The van der Waals surface area contributed by atoms with Crippen LogP contribution in [0, 0.1) is 6.92 Å². The summed E-state index contributed by atoms with van der Waals surface area (Å²) in [5.74, 6) is -1.27. The van der Waals surface area contributed by atoms with Gasteiger partial charge in [-0.2, -0.15) is 0 Å². The molecule has 0 aliphatic heterocycles. The van der Waals surface area contributed by atoms with Crippen molar-refractivity contribution >= 4 is 23.4 Å². The van der Waals surface area contributed by atoms with Crippen LogP contribution in [0.15, 0.2) is 0 Å². The Hall–Kier alpha value is -1.50. The zero-order valence-corrected chi connectivity index (χ0v) is 9.17. The Morgan fingerprint density at radius 2 is 2.27 bits per heavy atom. The number of aromatic nitrogens is 2. The van der Waals surface area contributed by atoms with Gasteiger partial charge in [0.05, 0.1) is 12.1 Å². The van der Waals surface area contributed by atoms with E-state index in [1.54, 1.807) is 13.8 Å². The van der Waals surface area contributed by atoms with E-state index in [9.17, 15) is 9.59 Å². The van der Waals surface area contributed by atoms with Crippen LogP contribution in [0.5, 0.6) is 0 Å². The van der Waals surface area contributed by atoms with E-state index in [1.807, 2.05) is 0 Å². The smallest absolute Gasteiger partial charge is 0.305 e. The Kier molecular flexibility index (Phi) is 3.73. The first-order valence-corrected chi connectivity index (χ1v) is 5.09. The van der Waals surface area contributed by atoms with Gasteiger partial charge >= 0.3 is 5.97 Å². The SMILES string of the molecule is Cc1nnsc1C(=O)NC(C)CC(=O)O. The van der Waals surface area contributed by atoms with Crippen molar-refractivity contribution in [3.8, 4) is 0 Å². The minimum Gasteiger partial charge on any atom is -0.481 e. The monoisotopic (exact) mass is 229 g/mol. The maximum atomic E-state index is 11.5. The summed E-state index contributed by atoms with van der Waals surface area (Å²) in [5, 5.41) is 14.8. The van der Waals surface area contributed by atoms with Crippen LogP contribution in [0.1, 0.15) is 28.7 Å². The van der Waals surface area contributed by atoms with Gasteiger partial charge in [-0.1, -0.05) is 4.49 Å². The molecule has 0 spiro atoms. The highest BCUT2D eigenvalue weighted by Gasteiger charge is 2.16. The molecular formula is C8H11N3O3S. The van der Waals surface area contributed by atoms with E-state index < -0.39 is 12.0 Å². The predicted molar refractivity (Wildman–Crippen MR) is 53.8 cm³/mol. The number of aliphatic carboxylic acids is 1. The Morgan fingerprint density at radius 1 is 1.60 bits per heavy atom. The fourth-order valence-corrected chi connectivity index (χ4v) is 1.60. The molecule has 0 saturated carbocycles. The first kappa shape index (κ1) is 11.6. The molecule has 0 aliphatic carbocycles. The van der Waals surface area contributed by atoms with Crippen LogP contribution in [0.3, 0.4) is 0 Å². The molecule has 15 heavy (non-hydrogen) atoms. The number of rotatable bonds is 4. The largest absolute Gasteiger partial charge is 0.481 e. The van der Waals surface area contributed by atoms with Gasteiger partial charge in [0.25, 0.3) is 5.91 Å². The second-order valence-corrected chi connectivity index (χ2v) is 3.91. The quantitative estimate of drug-likeness (QED) is 0.781. The molecule has 82 valence electrons. The summed E-state index contributed by atoms with van der Waals surface area (Å²) in [7, 11) is 0. The molecule has 1 aromatic heterocycles. The molecule has 1 aromatic rings. The first-order valence-electron chi connectivity index (χ1n) is 4.32. The molecule has 6 nitrogen and oxygen atoms in total. The standard InChI is InChI=1S/C8H11N3O3S/c1-4(3-6(12)13)9-8(14)7-5(2)10-11-15-7/h4H,3H2,1-2H3,(H,9,14)(H,12,13). The third-order valence-electron chi connectivity index (χ3n) is 1.72.